The van der Waals surface area contributed by atoms with Gasteiger partial charge in [-0.15, -0.1) is 0 Å². The molecule has 154 valence electrons. The number of methoxy groups -OCH3 is 1. The smallest absolute Gasteiger partial charge is 0.254 e. The van der Waals surface area contributed by atoms with Gasteiger partial charge in [0.2, 0.25) is 0 Å². The van der Waals surface area contributed by atoms with Crippen LogP contribution in [0, 0.1) is 6.92 Å². The van der Waals surface area contributed by atoms with E-state index < -0.39 is 0 Å². The van der Waals surface area contributed by atoms with E-state index in [0.717, 1.165) is 13.1 Å². The summed E-state index contributed by atoms with van der Waals surface area (Å²) in [5.41, 5.74) is 4.52. The van der Waals surface area contributed by atoms with E-state index in [-0.39, 0.29) is 11.9 Å². The summed E-state index contributed by atoms with van der Waals surface area (Å²) in [6.45, 7) is 5.22. The van der Waals surface area contributed by atoms with Gasteiger partial charge in [0, 0.05) is 31.7 Å². The summed E-state index contributed by atoms with van der Waals surface area (Å²) in [7, 11) is 1.62. The molecule has 1 aliphatic rings. The van der Waals surface area contributed by atoms with Crippen molar-refractivity contribution in [2.24, 2.45) is 0 Å². The molecule has 0 aromatic heterocycles. The summed E-state index contributed by atoms with van der Waals surface area (Å²) in [6.07, 6.45) is 0. The maximum atomic E-state index is 13.0. The second kappa shape index (κ2) is 9.14. The first-order valence-corrected chi connectivity index (χ1v) is 10.4. The lowest BCUT2D eigenvalue weighted by Gasteiger charge is -2.40. The van der Waals surface area contributed by atoms with E-state index in [0.29, 0.717) is 24.4 Å². The molecule has 1 unspecified atom stereocenters. The largest absolute Gasteiger partial charge is 0.497 e. The molecule has 0 bridgehead atoms. The highest BCUT2D eigenvalue weighted by Crippen LogP contribution is 2.30. The van der Waals surface area contributed by atoms with Crippen molar-refractivity contribution in [2.45, 2.75) is 13.0 Å². The van der Waals surface area contributed by atoms with Gasteiger partial charge in [0.1, 0.15) is 5.75 Å². The number of amides is 1. The molecule has 1 saturated heterocycles. The fraction of sp³-hybridized carbons (Fsp3) is 0.269. The lowest BCUT2D eigenvalue weighted by molar-refractivity contribution is 0.0597. The Bertz CT molecular complexity index is 977. The summed E-state index contributed by atoms with van der Waals surface area (Å²) in [5.74, 6) is 0.781. The zero-order valence-corrected chi connectivity index (χ0v) is 17.6. The molecule has 1 heterocycles. The van der Waals surface area contributed by atoms with E-state index in [1.54, 1.807) is 7.11 Å². The van der Waals surface area contributed by atoms with Crippen LogP contribution < -0.4 is 4.74 Å². The van der Waals surface area contributed by atoms with Crippen molar-refractivity contribution in [3.8, 4) is 5.75 Å². The molecule has 4 heteroatoms. The van der Waals surface area contributed by atoms with Crippen molar-refractivity contribution in [3.05, 3.63) is 101 Å². The zero-order chi connectivity index (χ0) is 20.9. The molecule has 1 aliphatic heterocycles. The molecule has 3 aromatic carbocycles. The number of nitrogens with zero attached hydrogens (tertiary/aromatic N) is 2. The second-order valence-electron chi connectivity index (χ2n) is 7.78. The molecule has 3 aromatic rings. The van der Waals surface area contributed by atoms with Gasteiger partial charge >= 0.3 is 0 Å². The van der Waals surface area contributed by atoms with Gasteiger partial charge in [0.05, 0.1) is 13.2 Å². The van der Waals surface area contributed by atoms with Crippen LogP contribution in [0.2, 0.25) is 0 Å². The lowest BCUT2D eigenvalue weighted by Crippen LogP contribution is -2.49. The fourth-order valence-electron chi connectivity index (χ4n) is 4.12. The summed E-state index contributed by atoms with van der Waals surface area (Å²) < 4.78 is 5.27. The van der Waals surface area contributed by atoms with Gasteiger partial charge in [0.25, 0.3) is 5.91 Å². The summed E-state index contributed by atoms with van der Waals surface area (Å²) in [4.78, 5) is 17.4. The number of piperazine rings is 1. The Kier molecular flexibility index (Phi) is 6.15. The van der Waals surface area contributed by atoms with Gasteiger partial charge in [-0.25, -0.2) is 0 Å². The maximum absolute atomic E-state index is 13.0. The minimum Gasteiger partial charge on any atom is -0.497 e. The van der Waals surface area contributed by atoms with Crippen LogP contribution in [-0.2, 0) is 0 Å². The highest BCUT2D eigenvalue weighted by atomic mass is 16.5. The van der Waals surface area contributed by atoms with Crippen LogP contribution in [0.15, 0.2) is 78.9 Å². The molecule has 0 N–H and O–H groups in total. The Balaban J connectivity index is 1.51. The number of aryl methyl sites for hydroxylation is 1. The van der Waals surface area contributed by atoms with Crippen LogP contribution in [0.4, 0.5) is 0 Å². The molecule has 0 radical (unpaired) electrons. The van der Waals surface area contributed by atoms with Crippen LogP contribution in [0.25, 0.3) is 0 Å². The maximum Gasteiger partial charge on any atom is 0.254 e. The summed E-state index contributed by atoms with van der Waals surface area (Å²) in [6, 6.07) is 27.0. The molecular formula is C26H28N2O2. The first kappa shape index (κ1) is 20.2. The van der Waals surface area contributed by atoms with E-state index in [2.05, 4.69) is 66.4 Å². The third-order valence-corrected chi connectivity index (χ3v) is 5.79. The Morgan fingerprint density at radius 2 is 1.50 bits per heavy atom. The van der Waals surface area contributed by atoms with Crippen LogP contribution in [-0.4, -0.2) is 49.0 Å². The Labute approximate surface area is 178 Å². The van der Waals surface area contributed by atoms with E-state index in [4.69, 9.17) is 4.74 Å². The van der Waals surface area contributed by atoms with Crippen molar-refractivity contribution in [2.75, 3.05) is 33.3 Å². The first-order chi connectivity index (χ1) is 14.7. The van der Waals surface area contributed by atoms with Crippen molar-refractivity contribution >= 4 is 5.91 Å². The number of hydrogen-bond donors (Lipinski definition) is 0. The Morgan fingerprint density at radius 1 is 0.833 bits per heavy atom. The molecular weight excluding hydrogens is 372 g/mol. The average molecular weight is 401 g/mol. The number of hydrogen-bond acceptors (Lipinski definition) is 3. The monoisotopic (exact) mass is 400 g/mol. The van der Waals surface area contributed by atoms with E-state index in [9.17, 15) is 4.79 Å². The second-order valence-corrected chi connectivity index (χ2v) is 7.78. The highest BCUT2D eigenvalue weighted by Gasteiger charge is 2.28. The number of carbonyl (C=O) groups excluding carboxylic acids is 1. The zero-order valence-electron chi connectivity index (χ0n) is 17.6. The Hall–Kier alpha value is -3.11. The molecule has 30 heavy (non-hydrogen) atoms. The van der Waals surface area contributed by atoms with Crippen molar-refractivity contribution in [3.63, 3.8) is 0 Å². The van der Waals surface area contributed by atoms with Gasteiger partial charge in [-0.1, -0.05) is 66.2 Å². The van der Waals surface area contributed by atoms with Crippen LogP contribution >= 0.6 is 0 Å². The number of benzene rings is 3. The molecule has 0 saturated carbocycles. The minimum atomic E-state index is 0.0696. The van der Waals surface area contributed by atoms with Crippen molar-refractivity contribution in [1.82, 2.24) is 9.80 Å². The number of rotatable bonds is 5. The van der Waals surface area contributed by atoms with Crippen LogP contribution in [0.5, 0.6) is 5.75 Å². The van der Waals surface area contributed by atoms with Crippen molar-refractivity contribution < 1.29 is 9.53 Å². The SMILES string of the molecule is COc1cccc(C(=O)N2CCN(C(c3ccccc3)c3ccc(C)cc3)CC2)c1. The molecule has 0 aliphatic carbocycles. The molecule has 0 spiro atoms. The van der Waals surface area contributed by atoms with E-state index >= 15 is 0 Å². The third-order valence-electron chi connectivity index (χ3n) is 5.79. The lowest BCUT2D eigenvalue weighted by atomic mass is 9.95. The van der Waals surface area contributed by atoms with Gasteiger partial charge in [-0.05, 0) is 36.2 Å². The van der Waals surface area contributed by atoms with Crippen molar-refractivity contribution in [1.29, 1.82) is 0 Å². The fourth-order valence-corrected chi connectivity index (χ4v) is 4.12. The predicted molar refractivity (Wildman–Crippen MR) is 120 cm³/mol. The minimum absolute atomic E-state index is 0.0696. The molecule has 4 nitrogen and oxygen atoms in total. The van der Waals surface area contributed by atoms with Gasteiger partial charge in [-0.3, -0.25) is 9.69 Å². The normalized spacial score (nSPS) is 15.6. The average Bonchev–Trinajstić information content (AvgIpc) is 2.81. The molecule has 1 fully saturated rings. The summed E-state index contributed by atoms with van der Waals surface area (Å²) >= 11 is 0. The first-order valence-electron chi connectivity index (χ1n) is 10.4. The number of ether oxygens (including phenoxy) is 1. The van der Waals surface area contributed by atoms with Crippen LogP contribution in [0.1, 0.15) is 33.1 Å². The van der Waals surface area contributed by atoms with Gasteiger partial charge in [0.15, 0.2) is 0 Å². The third kappa shape index (κ3) is 4.39. The van der Waals surface area contributed by atoms with E-state index in [1.807, 2.05) is 29.2 Å². The highest BCUT2D eigenvalue weighted by molar-refractivity contribution is 5.94. The van der Waals surface area contributed by atoms with E-state index in [1.165, 1.54) is 16.7 Å². The predicted octanol–water partition coefficient (Wildman–Crippen LogP) is 4.55. The van der Waals surface area contributed by atoms with Gasteiger partial charge < -0.3 is 9.64 Å². The standard InChI is InChI=1S/C26H28N2O2/c1-20-11-13-22(14-12-20)25(21-7-4-3-5-8-21)27-15-17-28(18-16-27)26(29)23-9-6-10-24(19-23)30-2/h3-14,19,25H,15-18H2,1-2H3. The van der Waals surface area contributed by atoms with Gasteiger partial charge in [-0.2, -0.15) is 0 Å². The molecule has 1 atom stereocenters. The number of carbonyl (C=O) groups is 1. The summed E-state index contributed by atoms with van der Waals surface area (Å²) in [5, 5.41) is 0. The van der Waals surface area contributed by atoms with Crippen LogP contribution in [0.3, 0.4) is 0 Å². The Morgan fingerprint density at radius 3 is 2.17 bits per heavy atom. The molecule has 4 rings (SSSR count). The molecule has 1 amide bonds. The topological polar surface area (TPSA) is 32.8 Å². The quantitative estimate of drug-likeness (QED) is 0.630.